The summed E-state index contributed by atoms with van der Waals surface area (Å²) < 4.78 is 5.41. The first-order valence-electron chi connectivity index (χ1n) is 8.08. The maximum atomic E-state index is 11.9. The van der Waals surface area contributed by atoms with Gasteiger partial charge in [0.15, 0.2) is 6.61 Å². The minimum atomic E-state index is -0.654. The van der Waals surface area contributed by atoms with Gasteiger partial charge in [0.25, 0.3) is 5.91 Å². The highest BCUT2D eigenvalue weighted by molar-refractivity contribution is 7.12. The van der Waals surface area contributed by atoms with Crippen LogP contribution in [0.3, 0.4) is 0 Å². The van der Waals surface area contributed by atoms with E-state index in [9.17, 15) is 9.90 Å². The van der Waals surface area contributed by atoms with E-state index in [1.807, 2.05) is 42.5 Å². The third-order valence-electron chi connectivity index (χ3n) is 3.71. The van der Waals surface area contributed by atoms with Crippen molar-refractivity contribution in [3.63, 3.8) is 0 Å². The molecule has 0 aliphatic carbocycles. The molecule has 0 saturated carbocycles. The third kappa shape index (κ3) is 5.08. The highest BCUT2D eigenvalue weighted by Gasteiger charge is 2.13. The van der Waals surface area contributed by atoms with Gasteiger partial charge in [-0.15, -0.1) is 11.3 Å². The second-order valence-electron chi connectivity index (χ2n) is 5.64. The molecule has 1 atom stereocenters. The maximum Gasteiger partial charge on any atom is 0.258 e. The zero-order chi connectivity index (χ0) is 18.4. The van der Waals surface area contributed by atoms with Gasteiger partial charge in [-0.1, -0.05) is 41.9 Å². The van der Waals surface area contributed by atoms with Crippen LogP contribution in [0.4, 0.5) is 0 Å². The SMILES string of the molecule is O=C(COc1ccc(Cl)cc1)NCc1ccc(C(O)c2ccccc2)s1. The van der Waals surface area contributed by atoms with Crippen LogP contribution < -0.4 is 10.1 Å². The summed E-state index contributed by atoms with van der Waals surface area (Å²) in [6.45, 7) is 0.335. The van der Waals surface area contributed by atoms with Crippen molar-refractivity contribution in [2.24, 2.45) is 0 Å². The van der Waals surface area contributed by atoms with Crippen LogP contribution in [0.25, 0.3) is 0 Å². The fraction of sp³-hybridized carbons (Fsp3) is 0.150. The topological polar surface area (TPSA) is 58.6 Å². The molecule has 0 aliphatic rings. The Kier molecular flexibility index (Phi) is 6.28. The lowest BCUT2D eigenvalue weighted by Gasteiger charge is -2.08. The molecule has 3 rings (SSSR count). The predicted octanol–water partition coefficient (Wildman–Crippen LogP) is 4.18. The van der Waals surface area contributed by atoms with Crippen molar-refractivity contribution < 1.29 is 14.6 Å². The van der Waals surface area contributed by atoms with E-state index < -0.39 is 6.10 Å². The Balaban J connectivity index is 1.48. The van der Waals surface area contributed by atoms with Gasteiger partial charge < -0.3 is 15.2 Å². The number of aliphatic hydroxyl groups is 1. The lowest BCUT2D eigenvalue weighted by atomic mass is 10.1. The molecule has 2 aromatic carbocycles. The van der Waals surface area contributed by atoms with Crippen LogP contribution in [0.5, 0.6) is 5.75 Å². The second-order valence-corrected chi connectivity index (χ2v) is 7.27. The summed E-state index contributed by atoms with van der Waals surface area (Å²) in [5.41, 5.74) is 0.848. The van der Waals surface area contributed by atoms with E-state index in [1.165, 1.54) is 11.3 Å². The number of ether oxygens (including phenoxy) is 1. The number of hydrogen-bond acceptors (Lipinski definition) is 4. The van der Waals surface area contributed by atoms with Gasteiger partial charge in [-0.05, 0) is 42.0 Å². The average molecular weight is 388 g/mol. The smallest absolute Gasteiger partial charge is 0.258 e. The van der Waals surface area contributed by atoms with Crippen molar-refractivity contribution in [3.05, 3.63) is 87.1 Å². The van der Waals surface area contributed by atoms with Crippen molar-refractivity contribution in [1.82, 2.24) is 5.32 Å². The van der Waals surface area contributed by atoms with Gasteiger partial charge in [-0.3, -0.25) is 4.79 Å². The summed E-state index contributed by atoms with van der Waals surface area (Å²) in [6.07, 6.45) is -0.654. The standard InChI is InChI=1S/C20H18ClNO3S/c21-15-6-8-16(9-7-15)25-13-19(23)22-12-17-10-11-18(26-17)20(24)14-4-2-1-3-5-14/h1-11,20,24H,12-13H2,(H,22,23). The summed E-state index contributed by atoms with van der Waals surface area (Å²) >= 11 is 7.28. The van der Waals surface area contributed by atoms with E-state index in [4.69, 9.17) is 16.3 Å². The normalized spacial score (nSPS) is 11.8. The van der Waals surface area contributed by atoms with E-state index in [2.05, 4.69) is 5.32 Å². The summed E-state index contributed by atoms with van der Waals surface area (Å²) in [7, 11) is 0. The van der Waals surface area contributed by atoms with Crippen molar-refractivity contribution in [3.8, 4) is 5.75 Å². The van der Waals surface area contributed by atoms with E-state index in [1.54, 1.807) is 24.3 Å². The van der Waals surface area contributed by atoms with Crippen LogP contribution in [0.15, 0.2) is 66.7 Å². The monoisotopic (exact) mass is 387 g/mol. The highest BCUT2D eigenvalue weighted by Crippen LogP contribution is 2.28. The molecule has 2 N–H and O–H groups in total. The molecule has 1 aromatic heterocycles. The van der Waals surface area contributed by atoms with Crippen molar-refractivity contribution in [2.45, 2.75) is 12.6 Å². The van der Waals surface area contributed by atoms with E-state index >= 15 is 0 Å². The van der Waals surface area contributed by atoms with Crippen LogP contribution in [0.2, 0.25) is 5.02 Å². The fourth-order valence-electron chi connectivity index (χ4n) is 2.35. The van der Waals surface area contributed by atoms with E-state index in [0.717, 1.165) is 15.3 Å². The molecule has 0 bridgehead atoms. The quantitative estimate of drug-likeness (QED) is 0.639. The Morgan fingerprint density at radius 1 is 1.08 bits per heavy atom. The molecule has 1 unspecified atom stereocenters. The number of nitrogens with one attached hydrogen (secondary N) is 1. The molecule has 0 aliphatic heterocycles. The zero-order valence-corrected chi connectivity index (χ0v) is 15.5. The average Bonchev–Trinajstić information content (AvgIpc) is 3.15. The number of thiophene rings is 1. The molecule has 1 amide bonds. The van der Waals surface area contributed by atoms with Gasteiger partial charge in [-0.2, -0.15) is 0 Å². The van der Waals surface area contributed by atoms with E-state index in [-0.39, 0.29) is 12.5 Å². The summed E-state index contributed by atoms with van der Waals surface area (Å²) in [4.78, 5) is 13.7. The first kappa shape index (κ1) is 18.5. The Bertz CT molecular complexity index is 849. The van der Waals surface area contributed by atoms with Crippen molar-refractivity contribution >= 4 is 28.8 Å². The number of benzene rings is 2. The third-order valence-corrected chi connectivity index (χ3v) is 5.10. The molecule has 0 saturated heterocycles. The lowest BCUT2D eigenvalue weighted by molar-refractivity contribution is -0.123. The number of halogens is 1. The fourth-order valence-corrected chi connectivity index (χ4v) is 3.45. The lowest BCUT2D eigenvalue weighted by Crippen LogP contribution is -2.28. The second kappa shape index (κ2) is 8.85. The van der Waals surface area contributed by atoms with Gasteiger partial charge >= 0.3 is 0 Å². The molecule has 26 heavy (non-hydrogen) atoms. The van der Waals surface area contributed by atoms with Crippen LogP contribution >= 0.6 is 22.9 Å². The number of aliphatic hydroxyl groups excluding tert-OH is 1. The Morgan fingerprint density at radius 3 is 2.54 bits per heavy atom. The van der Waals surface area contributed by atoms with Crippen LogP contribution in [0.1, 0.15) is 21.4 Å². The molecule has 4 nitrogen and oxygen atoms in total. The molecule has 134 valence electrons. The van der Waals surface area contributed by atoms with Gasteiger partial charge in [0.05, 0.1) is 6.54 Å². The minimum Gasteiger partial charge on any atom is -0.484 e. The minimum absolute atomic E-state index is 0.0630. The highest BCUT2D eigenvalue weighted by atomic mass is 35.5. The Morgan fingerprint density at radius 2 is 1.81 bits per heavy atom. The predicted molar refractivity (Wildman–Crippen MR) is 104 cm³/mol. The first-order chi connectivity index (χ1) is 12.6. The maximum absolute atomic E-state index is 11.9. The molecule has 3 aromatic rings. The van der Waals surface area contributed by atoms with Crippen LogP contribution in [-0.2, 0) is 11.3 Å². The molecule has 0 fully saturated rings. The number of carbonyl (C=O) groups excluding carboxylic acids is 1. The molecular weight excluding hydrogens is 370 g/mol. The molecule has 1 heterocycles. The number of amides is 1. The summed E-state index contributed by atoms with van der Waals surface area (Å²) in [5.74, 6) is 0.382. The van der Waals surface area contributed by atoms with Crippen molar-refractivity contribution in [1.29, 1.82) is 0 Å². The number of carbonyl (C=O) groups is 1. The van der Waals surface area contributed by atoms with Crippen LogP contribution in [0, 0.1) is 0 Å². The largest absolute Gasteiger partial charge is 0.484 e. The van der Waals surface area contributed by atoms with Crippen molar-refractivity contribution in [2.75, 3.05) is 6.61 Å². The van der Waals surface area contributed by atoms with Gasteiger partial charge in [-0.25, -0.2) is 0 Å². The Hall–Kier alpha value is -2.34. The molecule has 0 radical (unpaired) electrons. The number of rotatable bonds is 7. The Labute approximate surface area is 161 Å². The van der Waals surface area contributed by atoms with Gasteiger partial charge in [0.2, 0.25) is 0 Å². The summed E-state index contributed by atoms with van der Waals surface area (Å²) in [5, 5.41) is 13.8. The zero-order valence-electron chi connectivity index (χ0n) is 13.9. The first-order valence-corrected chi connectivity index (χ1v) is 9.28. The van der Waals surface area contributed by atoms with Gasteiger partial charge in [0, 0.05) is 14.8 Å². The molecule has 0 spiro atoms. The van der Waals surface area contributed by atoms with Crippen LogP contribution in [-0.4, -0.2) is 17.6 Å². The molecule has 6 heteroatoms. The number of hydrogen-bond donors (Lipinski definition) is 2. The van der Waals surface area contributed by atoms with Gasteiger partial charge in [0.1, 0.15) is 11.9 Å². The molecular formula is C20H18ClNO3S. The van der Waals surface area contributed by atoms with E-state index in [0.29, 0.717) is 17.3 Å². The summed E-state index contributed by atoms with van der Waals surface area (Å²) in [6, 6.07) is 20.1.